The Kier molecular flexibility index (Phi) is 6.49. The molecule has 0 bridgehead atoms. The second kappa shape index (κ2) is 8.90. The molecule has 1 aromatic heterocycles. The molecule has 1 unspecified atom stereocenters. The third-order valence-corrected chi connectivity index (χ3v) is 5.41. The molecule has 1 aliphatic heterocycles. The van der Waals surface area contributed by atoms with Crippen LogP contribution < -0.4 is 9.61 Å². The highest BCUT2D eigenvalue weighted by Crippen LogP contribution is 2.27. The van der Waals surface area contributed by atoms with Gasteiger partial charge in [0.05, 0.1) is 18.0 Å². The molecule has 0 saturated heterocycles. The van der Waals surface area contributed by atoms with E-state index in [-0.39, 0.29) is 42.7 Å². The highest BCUT2D eigenvalue weighted by Gasteiger charge is 2.47. The fourth-order valence-electron chi connectivity index (χ4n) is 3.08. The van der Waals surface area contributed by atoms with Crippen LogP contribution in [0.15, 0.2) is 34.1 Å². The average molecular weight is 443 g/mol. The quantitative estimate of drug-likeness (QED) is 0.686. The SMILES string of the molecule is CCC1=NC(C(F)(F)F)C(=O)CN1CCOc1ccc(Cc2sc(=O)[nH]c2O)cc1. The number of thiazole rings is 1. The number of nitrogens with zero attached hydrogens (tertiary/aromatic N) is 2. The molecule has 0 fully saturated rings. The van der Waals surface area contributed by atoms with E-state index in [0.29, 0.717) is 17.0 Å². The van der Waals surface area contributed by atoms with Crippen molar-refractivity contribution in [1.29, 1.82) is 0 Å². The molecule has 1 aromatic carbocycles. The third-order valence-electron chi connectivity index (χ3n) is 4.54. The number of H-pyrrole nitrogens is 1. The van der Waals surface area contributed by atoms with Gasteiger partial charge in [-0.1, -0.05) is 30.4 Å². The number of Topliss-reactive ketones (excluding diaryl/α,β-unsaturated/α-hetero) is 1. The number of aliphatic imine (C=N–C) groups is 1. The Morgan fingerprint density at radius 1 is 1.30 bits per heavy atom. The Morgan fingerprint density at radius 2 is 2.00 bits per heavy atom. The van der Waals surface area contributed by atoms with Crippen molar-refractivity contribution in [2.45, 2.75) is 32.0 Å². The summed E-state index contributed by atoms with van der Waals surface area (Å²) in [7, 11) is 0. The van der Waals surface area contributed by atoms with Crippen molar-refractivity contribution in [2.75, 3.05) is 19.7 Å². The molecular formula is C19H20F3N3O4S. The third kappa shape index (κ3) is 5.21. The maximum atomic E-state index is 12.9. The molecule has 11 heteroatoms. The maximum Gasteiger partial charge on any atom is 0.418 e. The number of hydrogen-bond acceptors (Lipinski definition) is 7. The standard InChI is InChI=1S/C19H20F3N3O4S/c1-2-15-23-16(19(20,21)22)13(26)10-25(15)7-8-29-12-5-3-11(4-6-12)9-14-17(27)24-18(28)30-14/h3-6,16,27H,2,7-10H2,1H3,(H,24,28). The van der Waals surface area contributed by atoms with Crippen LogP contribution in [0.1, 0.15) is 23.8 Å². The first-order valence-corrected chi connectivity index (χ1v) is 10.0. The van der Waals surface area contributed by atoms with Gasteiger partial charge in [-0.15, -0.1) is 0 Å². The van der Waals surface area contributed by atoms with Gasteiger partial charge >= 0.3 is 11.0 Å². The van der Waals surface area contributed by atoms with Crippen LogP contribution in [0.4, 0.5) is 13.2 Å². The van der Waals surface area contributed by atoms with Gasteiger partial charge in [-0.3, -0.25) is 19.6 Å². The van der Waals surface area contributed by atoms with Gasteiger partial charge in [-0.2, -0.15) is 13.2 Å². The zero-order valence-corrected chi connectivity index (χ0v) is 16.8. The number of carbonyl (C=O) groups excluding carboxylic acids is 1. The van der Waals surface area contributed by atoms with Crippen LogP contribution in [0.2, 0.25) is 0 Å². The van der Waals surface area contributed by atoms with Crippen LogP contribution >= 0.6 is 11.3 Å². The lowest BCUT2D eigenvalue weighted by Gasteiger charge is -2.32. The lowest BCUT2D eigenvalue weighted by atomic mass is 10.1. The Balaban J connectivity index is 1.55. The molecule has 2 heterocycles. The first kappa shape index (κ1) is 21.9. The van der Waals surface area contributed by atoms with Crippen LogP contribution in [0, 0.1) is 0 Å². The number of ketones is 1. The molecule has 0 amide bonds. The van der Waals surface area contributed by atoms with Crippen LogP contribution in [-0.4, -0.2) is 58.5 Å². The predicted molar refractivity (Wildman–Crippen MR) is 105 cm³/mol. The normalized spacial score (nSPS) is 17.2. The summed E-state index contributed by atoms with van der Waals surface area (Å²) in [5.41, 5.74) is 0.869. The van der Waals surface area contributed by atoms with Crippen molar-refractivity contribution >= 4 is 23.0 Å². The summed E-state index contributed by atoms with van der Waals surface area (Å²) in [6, 6.07) is 4.73. The summed E-state index contributed by atoms with van der Waals surface area (Å²) < 4.78 is 44.3. The van der Waals surface area contributed by atoms with E-state index in [1.54, 1.807) is 31.2 Å². The minimum absolute atomic E-state index is 0.137. The summed E-state index contributed by atoms with van der Waals surface area (Å²) in [6.07, 6.45) is -4.00. The molecule has 1 aliphatic rings. The highest BCUT2D eigenvalue weighted by atomic mass is 32.1. The van der Waals surface area contributed by atoms with Crippen molar-refractivity contribution in [3.8, 4) is 11.6 Å². The number of halogens is 3. The van der Waals surface area contributed by atoms with Crippen molar-refractivity contribution < 1.29 is 27.8 Å². The van der Waals surface area contributed by atoms with E-state index < -0.39 is 18.0 Å². The number of aromatic amines is 1. The van der Waals surface area contributed by atoms with Crippen LogP contribution in [0.3, 0.4) is 0 Å². The molecule has 0 spiro atoms. The first-order valence-electron chi connectivity index (χ1n) is 9.21. The van der Waals surface area contributed by atoms with Gasteiger partial charge < -0.3 is 14.7 Å². The lowest BCUT2D eigenvalue weighted by Crippen LogP contribution is -2.50. The number of alkyl halides is 3. The molecule has 3 rings (SSSR count). The summed E-state index contributed by atoms with van der Waals surface area (Å²) in [5.74, 6) is -0.320. The lowest BCUT2D eigenvalue weighted by molar-refractivity contribution is -0.162. The largest absolute Gasteiger partial charge is 0.494 e. The average Bonchev–Trinajstić information content (AvgIpc) is 2.99. The van der Waals surface area contributed by atoms with Gasteiger partial charge in [0, 0.05) is 12.8 Å². The fourth-order valence-corrected chi connectivity index (χ4v) is 3.84. The predicted octanol–water partition coefficient (Wildman–Crippen LogP) is 2.74. The Labute approximate surface area is 173 Å². The smallest absolute Gasteiger partial charge is 0.418 e. The summed E-state index contributed by atoms with van der Waals surface area (Å²) in [6.45, 7) is 1.74. The van der Waals surface area contributed by atoms with Gasteiger partial charge in [0.2, 0.25) is 11.9 Å². The summed E-state index contributed by atoms with van der Waals surface area (Å²) in [5, 5.41) is 9.64. The minimum atomic E-state index is -4.67. The molecule has 162 valence electrons. The molecule has 0 radical (unpaired) electrons. The molecule has 2 aromatic rings. The van der Waals surface area contributed by atoms with E-state index in [1.807, 2.05) is 0 Å². The van der Waals surface area contributed by atoms with E-state index >= 15 is 0 Å². The number of rotatable bonds is 7. The minimum Gasteiger partial charge on any atom is -0.494 e. The topological polar surface area (TPSA) is 95.0 Å². The number of carbonyl (C=O) groups is 1. The fraction of sp³-hybridized carbons (Fsp3) is 0.421. The van der Waals surface area contributed by atoms with Crippen LogP contribution in [0.5, 0.6) is 11.6 Å². The van der Waals surface area contributed by atoms with Crippen molar-refractivity contribution in [1.82, 2.24) is 9.88 Å². The summed E-state index contributed by atoms with van der Waals surface area (Å²) >= 11 is 0.940. The van der Waals surface area contributed by atoms with Crippen molar-refractivity contribution in [3.05, 3.63) is 44.4 Å². The molecule has 2 N–H and O–H groups in total. The van der Waals surface area contributed by atoms with E-state index in [2.05, 4.69) is 9.98 Å². The van der Waals surface area contributed by atoms with E-state index in [1.165, 1.54) is 4.90 Å². The molecule has 30 heavy (non-hydrogen) atoms. The van der Waals surface area contributed by atoms with E-state index in [9.17, 15) is 27.9 Å². The van der Waals surface area contributed by atoms with E-state index in [0.717, 1.165) is 16.9 Å². The molecular weight excluding hydrogens is 423 g/mol. The number of hydrogen-bond donors (Lipinski definition) is 2. The monoisotopic (exact) mass is 443 g/mol. The molecule has 0 saturated carbocycles. The zero-order chi connectivity index (χ0) is 21.9. The number of nitrogens with one attached hydrogen (secondary N) is 1. The number of aromatic nitrogens is 1. The summed E-state index contributed by atoms with van der Waals surface area (Å²) in [4.78, 5) is 30.7. The van der Waals surface area contributed by atoms with Gasteiger partial charge in [-0.25, -0.2) is 0 Å². The Bertz CT molecular complexity index is 982. The molecule has 7 nitrogen and oxygen atoms in total. The maximum absolute atomic E-state index is 12.9. The van der Waals surface area contributed by atoms with Crippen LogP contribution in [0.25, 0.3) is 0 Å². The Hall–Kier alpha value is -2.82. The highest BCUT2D eigenvalue weighted by molar-refractivity contribution is 7.09. The van der Waals surface area contributed by atoms with Gasteiger partial charge in [0.25, 0.3) is 0 Å². The second-order valence-corrected chi connectivity index (χ2v) is 7.75. The van der Waals surface area contributed by atoms with Gasteiger partial charge in [0.1, 0.15) is 18.2 Å². The van der Waals surface area contributed by atoms with E-state index in [4.69, 9.17) is 4.74 Å². The first-order chi connectivity index (χ1) is 14.2. The second-order valence-electron chi connectivity index (χ2n) is 6.69. The van der Waals surface area contributed by atoms with Crippen molar-refractivity contribution in [3.63, 3.8) is 0 Å². The number of aromatic hydroxyl groups is 1. The molecule has 0 aliphatic carbocycles. The number of ether oxygens (including phenoxy) is 1. The van der Waals surface area contributed by atoms with Gasteiger partial charge in [0.15, 0.2) is 5.78 Å². The number of amidine groups is 1. The Morgan fingerprint density at radius 3 is 2.57 bits per heavy atom. The van der Waals surface area contributed by atoms with Gasteiger partial charge in [-0.05, 0) is 17.7 Å². The molecule has 1 atom stereocenters. The van der Waals surface area contributed by atoms with Crippen molar-refractivity contribution in [2.24, 2.45) is 4.99 Å². The van der Waals surface area contributed by atoms with Crippen LogP contribution in [-0.2, 0) is 11.2 Å². The number of benzene rings is 1. The zero-order valence-electron chi connectivity index (χ0n) is 16.0.